The highest BCUT2D eigenvalue weighted by Gasteiger charge is 2.12. The summed E-state index contributed by atoms with van der Waals surface area (Å²) in [4.78, 5) is 13.1. The summed E-state index contributed by atoms with van der Waals surface area (Å²) in [5.41, 5.74) is 3.96. The van der Waals surface area contributed by atoms with Crippen LogP contribution in [0, 0.1) is 6.92 Å². The molecule has 3 rings (SSSR count). The van der Waals surface area contributed by atoms with Gasteiger partial charge in [0.1, 0.15) is 18.5 Å². The molecular weight excluding hydrogens is 346 g/mol. The molecule has 1 unspecified atom stereocenters. The summed E-state index contributed by atoms with van der Waals surface area (Å²) < 4.78 is 5.55. The quantitative estimate of drug-likeness (QED) is 0.700. The monoisotopic (exact) mass is 371 g/mol. The molecule has 0 aromatic heterocycles. The van der Waals surface area contributed by atoms with Gasteiger partial charge in [0.05, 0.1) is 5.75 Å². The van der Waals surface area contributed by atoms with Crippen molar-refractivity contribution in [3.05, 3.63) is 59.2 Å². The molecule has 2 aromatic carbocycles. The average molecular weight is 372 g/mol. The number of hydrogen-bond donors (Lipinski definition) is 2. The number of aryl methyl sites for hydroxylation is 3. The van der Waals surface area contributed by atoms with Gasteiger partial charge in [-0.05, 0) is 67.1 Å². The molecule has 5 heteroatoms. The molecule has 0 spiro atoms. The Morgan fingerprint density at radius 2 is 2.08 bits per heavy atom. The molecular formula is C21H25NO3S. The van der Waals surface area contributed by atoms with E-state index in [0.717, 1.165) is 22.6 Å². The van der Waals surface area contributed by atoms with Crippen LogP contribution in [-0.4, -0.2) is 36.0 Å². The standard InChI is InChI=1S/C21H25NO3S/c1-15-4-2-7-19(10-15)25-13-18(23)12-22-21(24)14-26-20-9-8-16-5-3-6-17(16)11-20/h2,4,7-11,18,23H,3,5-6,12-14H2,1H3,(H,22,24). The van der Waals surface area contributed by atoms with Crippen molar-refractivity contribution in [3.8, 4) is 5.75 Å². The first-order chi connectivity index (χ1) is 12.6. The van der Waals surface area contributed by atoms with Gasteiger partial charge in [0, 0.05) is 11.4 Å². The van der Waals surface area contributed by atoms with E-state index < -0.39 is 6.10 Å². The zero-order valence-corrected chi connectivity index (χ0v) is 15.8. The number of amides is 1. The summed E-state index contributed by atoms with van der Waals surface area (Å²) in [5.74, 6) is 0.997. The zero-order valence-electron chi connectivity index (χ0n) is 15.0. The Labute approximate surface area is 159 Å². The number of aliphatic hydroxyl groups excluding tert-OH is 1. The van der Waals surface area contributed by atoms with Crippen LogP contribution in [0.5, 0.6) is 5.75 Å². The Morgan fingerprint density at radius 1 is 1.23 bits per heavy atom. The maximum absolute atomic E-state index is 12.0. The number of hydrogen-bond acceptors (Lipinski definition) is 4. The SMILES string of the molecule is Cc1cccc(OCC(O)CNC(=O)CSc2ccc3c(c2)CCC3)c1. The summed E-state index contributed by atoms with van der Waals surface area (Å²) in [6.07, 6.45) is 2.81. The predicted octanol–water partition coefficient (Wildman–Crippen LogP) is 3.13. The zero-order chi connectivity index (χ0) is 18.4. The molecule has 1 aliphatic rings. The first kappa shape index (κ1) is 18.8. The number of aliphatic hydroxyl groups is 1. The van der Waals surface area contributed by atoms with Gasteiger partial charge in [-0.2, -0.15) is 0 Å². The lowest BCUT2D eigenvalue weighted by Crippen LogP contribution is -2.36. The van der Waals surface area contributed by atoms with Crippen molar-refractivity contribution in [1.29, 1.82) is 0 Å². The van der Waals surface area contributed by atoms with Crippen LogP contribution in [0.25, 0.3) is 0 Å². The molecule has 26 heavy (non-hydrogen) atoms. The molecule has 2 aromatic rings. The number of thioether (sulfide) groups is 1. The Kier molecular flexibility index (Phi) is 6.58. The summed E-state index contributed by atoms with van der Waals surface area (Å²) in [6.45, 7) is 2.33. The van der Waals surface area contributed by atoms with Crippen LogP contribution in [0.15, 0.2) is 47.4 Å². The minimum atomic E-state index is -0.732. The smallest absolute Gasteiger partial charge is 0.230 e. The molecule has 1 amide bonds. The van der Waals surface area contributed by atoms with Crippen LogP contribution in [0.2, 0.25) is 0 Å². The van der Waals surface area contributed by atoms with Gasteiger partial charge in [0.15, 0.2) is 0 Å². The summed E-state index contributed by atoms with van der Waals surface area (Å²) in [5, 5.41) is 12.7. The second-order valence-electron chi connectivity index (χ2n) is 6.66. The average Bonchev–Trinajstić information content (AvgIpc) is 3.11. The van der Waals surface area contributed by atoms with Gasteiger partial charge in [0.25, 0.3) is 0 Å². The molecule has 138 valence electrons. The van der Waals surface area contributed by atoms with Gasteiger partial charge in [-0.1, -0.05) is 18.2 Å². The Bertz CT molecular complexity index is 763. The van der Waals surface area contributed by atoms with E-state index >= 15 is 0 Å². The molecule has 4 nitrogen and oxygen atoms in total. The van der Waals surface area contributed by atoms with Crippen LogP contribution in [0.3, 0.4) is 0 Å². The van der Waals surface area contributed by atoms with Gasteiger partial charge in [0.2, 0.25) is 5.91 Å². The van der Waals surface area contributed by atoms with Gasteiger partial charge in [-0.15, -0.1) is 11.8 Å². The van der Waals surface area contributed by atoms with Crippen molar-refractivity contribution >= 4 is 17.7 Å². The van der Waals surface area contributed by atoms with Crippen LogP contribution >= 0.6 is 11.8 Å². The number of nitrogens with one attached hydrogen (secondary N) is 1. The van der Waals surface area contributed by atoms with E-state index in [1.807, 2.05) is 31.2 Å². The first-order valence-corrected chi connectivity index (χ1v) is 9.97. The van der Waals surface area contributed by atoms with E-state index in [-0.39, 0.29) is 19.1 Å². The van der Waals surface area contributed by atoms with Crippen LogP contribution in [0.4, 0.5) is 0 Å². The minimum Gasteiger partial charge on any atom is -0.491 e. The number of carbonyl (C=O) groups excluding carboxylic acids is 1. The maximum atomic E-state index is 12.0. The second kappa shape index (κ2) is 9.10. The Hall–Kier alpha value is -1.98. The largest absolute Gasteiger partial charge is 0.491 e. The number of benzene rings is 2. The lowest BCUT2D eigenvalue weighted by Gasteiger charge is -2.13. The molecule has 0 fully saturated rings. The number of rotatable bonds is 8. The molecule has 1 atom stereocenters. The van der Waals surface area contributed by atoms with Gasteiger partial charge >= 0.3 is 0 Å². The third kappa shape index (κ3) is 5.51. The van der Waals surface area contributed by atoms with Crippen molar-refractivity contribution in [2.24, 2.45) is 0 Å². The third-order valence-corrected chi connectivity index (χ3v) is 5.40. The molecule has 0 saturated heterocycles. The van der Waals surface area contributed by atoms with Gasteiger partial charge in [-0.3, -0.25) is 4.79 Å². The van der Waals surface area contributed by atoms with Crippen molar-refractivity contribution in [2.45, 2.75) is 37.2 Å². The number of ether oxygens (including phenoxy) is 1. The summed E-state index contributed by atoms with van der Waals surface area (Å²) in [7, 11) is 0. The normalized spacial score (nSPS) is 13.9. The molecule has 1 aliphatic carbocycles. The fourth-order valence-corrected chi connectivity index (χ4v) is 3.82. The van der Waals surface area contributed by atoms with Crippen LogP contribution in [-0.2, 0) is 17.6 Å². The summed E-state index contributed by atoms with van der Waals surface area (Å²) >= 11 is 1.53. The van der Waals surface area contributed by atoms with Crippen molar-refractivity contribution in [3.63, 3.8) is 0 Å². The van der Waals surface area contributed by atoms with E-state index in [2.05, 4.69) is 23.5 Å². The highest BCUT2D eigenvalue weighted by Crippen LogP contribution is 2.27. The van der Waals surface area contributed by atoms with E-state index in [1.54, 1.807) is 0 Å². The fourth-order valence-electron chi connectivity index (χ4n) is 3.03. The minimum absolute atomic E-state index is 0.0786. The highest BCUT2D eigenvalue weighted by atomic mass is 32.2. The lowest BCUT2D eigenvalue weighted by atomic mass is 10.1. The number of fused-ring (bicyclic) bond motifs is 1. The van der Waals surface area contributed by atoms with E-state index in [0.29, 0.717) is 5.75 Å². The Balaban J connectivity index is 1.35. The third-order valence-electron chi connectivity index (χ3n) is 4.41. The topological polar surface area (TPSA) is 58.6 Å². The first-order valence-electron chi connectivity index (χ1n) is 8.99. The van der Waals surface area contributed by atoms with Crippen LogP contribution in [0.1, 0.15) is 23.1 Å². The predicted molar refractivity (Wildman–Crippen MR) is 105 cm³/mol. The fraction of sp³-hybridized carbons (Fsp3) is 0.381. The molecule has 0 aliphatic heterocycles. The number of carbonyl (C=O) groups is 1. The molecule has 2 N–H and O–H groups in total. The summed E-state index contributed by atoms with van der Waals surface area (Å²) in [6, 6.07) is 14.1. The molecule has 0 radical (unpaired) electrons. The molecule has 0 saturated carbocycles. The van der Waals surface area contributed by atoms with Crippen molar-refractivity contribution in [1.82, 2.24) is 5.32 Å². The van der Waals surface area contributed by atoms with Gasteiger partial charge < -0.3 is 15.2 Å². The van der Waals surface area contributed by atoms with Crippen molar-refractivity contribution in [2.75, 3.05) is 18.9 Å². The Morgan fingerprint density at radius 3 is 2.92 bits per heavy atom. The lowest BCUT2D eigenvalue weighted by molar-refractivity contribution is -0.119. The van der Waals surface area contributed by atoms with E-state index in [4.69, 9.17) is 4.74 Å². The van der Waals surface area contributed by atoms with Gasteiger partial charge in [-0.25, -0.2) is 0 Å². The van der Waals surface area contributed by atoms with Crippen LogP contribution < -0.4 is 10.1 Å². The second-order valence-corrected chi connectivity index (χ2v) is 7.71. The molecule has 0 heterocycles. The molecule has 0 bridgehead atoms. The highest BCUT2D eigenvalue weighted by molar-refractivity contribution is 8.00. The van der Waals surface area contributed by atoms with E-state index in [1.165, 1.54) is 35.7 Å². The maximum Gasteiger partial charge on any atom is 0.230 e. The van der Waals surface area contributed by atoms with Crippen molar-refractivity contribution < 1.29 is 14.6 Å². The van der Waals surface area contributed by atoms with E-state index in [9.17, 15) is 9.90 Å².